The predicted molar refractivity (Wildman–Crippen MR) is 196 cm³/mol. The van der Waals surface area contributed by atoms with E-state index < -0.39 is 18.0 Å². The highest BCUT2D eigenvalue weighted by molar-refractivity contribution is 5.73. The van der Waals surface area contributed by atoms with Crippen molar-refractivity contribution < 1.29 is 24.2 Å². The maximum Gasteiger partial charge on any atom is 0.308 e. The molecule has 0 saturated heterocycles. The summed E-state index contributed by atoms with van der Waals surface area (Å²) in [5, 5.41) is 10.1. The monoisotopic (exact) mass is 649 g/mol. The van der Waals surface area contributed by atoms with Crippen molar-refractivity contribution >= 4 is 11.9 Å². The van der Waals surface area contributed by atoms with Crippen LogP contribution in [0.1, 0.15) is 206 Å². The lowest BCUT2D eigenvalue weighted by Crippen LogP contribution is -2.21. The Morgan fingerprint density at radius 2 is 0.696 bits per heavy atom. The third-order valence-electron chi connectivity index (χ3n) is 8.64. The number of allylic oxidation sites excluding steroid dienone is 4. The third kappa shape index (κ3) is 36.8. The first-order chi connectivity index (χ1) is 22.6. The number of unbranched alkanes of at least 4 members (excludes halogenated alkanes) is 24. The molecule has 0 rings (SSSR count). The molecule has 46 heavy (non-hydrogen) atoms. The molecule has 0 aromatic heterocycles. The zero-order valence-electron chi connectivity index (χ0n) is 30.6. The predicted octanol–water partition coefficient (Wildman–Crippen LogP) is 12.3. The first-order valence-electron chi connectivity index (χ1n) is 19.9. The summed E-state index contributed by atoms with van der Waals surface area (Å²) in [7, 11) is 0. The van der Waals surface area contributed by atoms with Gasteiger partial charge in [0.05, 0.1) is 32.2 Å². The van der Waals surface area contributed by atoms with Crippen LogP contribution in [0.4, 0.5) is 0 Å². The van der Waals surface area contributed by atoms with Crippen molar-refractivity contribution in [2.75, 3.05) is 13.2 Å². The van der Waals surface area contributed by atoms with Gasteiger partial charge in [-0.3, -0.25) is 9.59 Å². The van der Waals surface area contributed by atoms with Crippen molar-refractivity contribution in [2.45, 2.75) is 213 Å². The first-order valence-corrected chi connectivity index (χ1v) is 19.9. The van der Waals surface area contributed by atoms with Crippen LogP contribution in [-0.2, 0) is 19.1 Å². The van der Waals surface area contributed by atoms with Gasteiger partial charge < -0.3 is 14.6 Å². The second-order valence-corrected chi connectivity index (χ2v) is 13.4. The standard InChI is InChI=1S/C41H76O5/c1-3-5-7-9-11-13-15-17-19-21-23-25-27-29-31-33-35-45-40(43)37-39(42)38-41(44)46-36-34-32-30-28-26-24-22-20-18-16-14-12-10-8-6-4-2/h17-20,39,42H,3-16,21-38H2,1-2H3/b19-17-,20-18-. The van der Waals surface area contributed by atoms with E-state index in [1.165, 1.54) is 141 Å². The summed E-state index contributed by atoms with van der Waals surface area (Å²) in [5.41, 5.74) is 0. The van der Waals surface area contributed by atoms with E-state index in [0.29, 0.717) is 13.2 Å². The van der Waals surface area contributed by atoms with Gasteiger partial charge in [0, 0.05) is 0 Å². The number of rotatable bonds is 36. The molecule has 0 aliphatic rings. The summed E-state index contributed by atoms with van der Waals surface area (Å²) in [6, 6.07) is 0. The van der Waals surface area contributed by atoms with E-state index in [0.717, 1.165) is 38.5 Å². The Hall–Kier alpha value is -1.62. The molecular formula is C41H76O5. The average Bonchev–Trinajstić information content (AvgIpc) is 3.03. The van der Waals surface area contributed by atoms with E-state index in [-0.39, 0.29) is 12.8 Å². The van der Waals surface area contributed by atoms with Gasteiger partial charge in [-0.1, -0.05) is 154 Å². The average molecular weight is 649 g/mol. The first kappa shape index (κ1) is 44.4. The molecule has 0 aromatic rings. The molecule has 270 valence electrons. The molecule has 0 aliphatic heterocycles. The number of aliphatic hydroxyl groups excluding tert-OH is 1. The molecule has 0 bridgehead atoms. The second-order valence-electron chi connectivity index (χ2n) is 13.4. The molecule has 0 atom stereocenters. The maximum atomic E-state index is 12.0. The zero-order chi connectivity index (χ0) is 33.6. The molecule has 0 spiro atoms. The molecule has 0 saturated carbocycles. The van der Waals surface area contributed by atoms with E-state index in [2.05, 4.69) is 38.2 Å². The molecule has 0 radical (unpaired) electrons. The summed E-state index contributed by atoms with van der Waals surface area (Å²) in [5.74, 6) is -0.886. The molecule has 0 fully saturated rings. The Labute approximate surface area is 285 Å². The van der Waals surface area contributed by atoms with Crippen LogP contribution in [0.3, 0.4) is 0 Å². The second kappa shape index (κ2) is 37.8. The molecule has 0 unspecified atom stereocenters. The molecule has 0 aliphatic carbocycles. The smallest absolute Gasteiger partial charge is 0.308 e. The Morgan fingerprint density at radius 3 is 1.00 bits per heavy atom. The van der Waals surface area contributed by atoms with E-state index >= 15 is 0 Å². The van der Waals surface area contributed by atoms with Crippen molar-refractivity contribution in [3.05, 3.63) is 24.3 Å². The Kier molecular flexibility index (Phi) is 36.5. The van der Waals surface area contributed by atoms with E-state index in [1.807, 2.05) is 0 Å². The molecule has 0 aromatic carbocycles. The van der Waals surface area contributed by atoms with E-state index in [1.54, 1.807) is 0 Å². The van der Waals surface area contributed by atoms with Crippen LogP contribution in [0.2, 0.25) is 0 Å². The normalized spacial score (nSPS) is 11.7. The van der Waals surface area contributed by atoms with Crippen molar-refractivity contribution in [2.24, 2.45) is 0 Å². The highest BCUT2D eigenvalue weighted by Gasteiger charge is 2.17. The van der Waals surface area contributed by atoms with Crippen LogP contribution in [0.15, 0.2) is 24.3 Å². The SMILES string of the molecule is CCCCCCCC/C=C\CCCCCCCCOC(=O)CC(O)CC(=O)OCCCCCCCC/C=C\CCCCCCCC. The maximum absolute atomic E-state index is 12.0. The highest BCUT2D eigenvalue weighted by Crippen LogP contribution is 2.12. The highest BCUT2D eigenvalue weighted by atomic mass is 16.5. The van der Waals surface area contributed by atoms with Crippen LogP contribution in [-0.4, -0.2) is 36.4 Å². The minimum Gasteiger partial charge on any atom is -0.466 e. The fourth-order valence-electron chi connectivity index (χ4n) is 5.65. The topological polar surface area (TPSA) is 72.8 Å². The molecule has 1 N–H and O–H groups in total. The number of carbonyl (C=O) groups is 2. The molecule has 5 heteroatoms. The number of hydrogen-bond acceptors (Lipinski definition) is 5. The minimum absolute atomic E-state index is 0.157. The van der Waals surface area contributed by atoms with Crippen LogP contribution in [0, 0.1) is 0 Å². The fraction of sp³-hybridized carbons (Fsp3) is 0.854. The van der Waals surface area contributed by atoms with Crippen LogP contribution in [0.5, 0.6) is 0 Å². The number of hydrogen-bond donors (Lipinski definition) is 1. The molecular weight excluding hydrogens is 572 g/mol. The van der Waals surface area contributed by atoms with Gasteiger partial charge >= 0.3 is 11.9 Å². The van der Waals surface area contributed by atoms with Crippen LogP contribution in [0.25, 0.3) is 0 Å². The summed E-state index contributed by atoms with van der Waals surface area (Å²) >= 11 is 0. The minimum atomic E-state index is -1.04. The Morgan fingerprint density at radius 1 is 0.435 bits per heavy atom. The summed E-state index contributed by atoms with van der Waals surface area (Å²) < 4.78 is 10.5. The number of esters is 2. The van der Waals surface area contributed by atoms with Crippen molar-refractivity contribution in [1.29, 1.82) is 0 Å². The van der Waals surface area contributed by atoms with Crippen molar-refractivity contribution in [3.63, 3.8) is 0 Å². The van der Waals surface area contributed by atoms with Crippen molar-refractivity contribution in [3.8, 4) is 0 Å². The summed E-state index contributed by atoms with van der Waals surface area (Å²) in [6.07, 6.45) is 42.8. The van der Waals surface area contributed by atoms with Gasteiger partial charge in [-0.05, 0) is 64.2 Å². The molecule has 0 amide bonds. The Balaban J connectivity index is 3.44. The van der Waals surface area contributed by atoms with Gasteiger partial charge in [0.15, 0.2) is 0 Å². The fourth-order valence-corrected chi connectivity index (χ4v) is 5.65. The largest absolute Gasteiger partial charge is 0.466 e. The number of ether oxygens (including phenoxy) is 2. The van der Waals surface area contributed by atoms with E-state index in [9.17, 15) is 14.7 Å². The van der Waals surface area contributed by atoms with Gasteiger partial charge in [-0.25, -0.2) is 0 Å². The van der Waals surface area contributed by atoms with Crippen LogP contribution < -0.4 is 0 Å². The lowest BCUT2D eigenvalue weighted by Gasteiger charge is -2.10. The van der Waals surface area contributed by atoms with Crippen LogP contribution >= 0.6 is 0 Å². The third-order valence-corrected chi connectivity index (χ3v) is 8.64. The molecule has 5 nitrogen and oxygen atoms in total. The summed E-state index contributed by atoms with van der Waals surface area (Å²) in [4.78, 5) is 24.0. The van der Waals surface area contributed by atoms with Crippen molar-refractivity contribution in [1.82, 2.24) is 0 Å². The van der Waals surface area contributed by atoms with Gasteiger partial charge in [0.2, 0.25) is 0 Å². The number of aliphatic hydroxyl groups is 1. The molecule has 0 heterocycles. The van der Waals surface area contributed by atoms with Gasteiger partial charge in [0.1, 0.15) is 0 Å². The van der Waals surface area contributed by atoms with E-state index in [4.69, 9.17) is 9.47 Å². The van der Waals surface area contributed by atoms with Gasteiger partial charge in [0.25, 0.3) is 0 Å². The quantitative estimate of drug-likeness (QED) is 0.0416. The lowest BCUT2D eigenvalue weighted by molar-refractivity contribution is -0.149. The Bertz CT molecular complexity index is 643. The van der Waals surface area contributed by atoms with Gasteiger partial charge in [-0.15, -0.1) is 0 Å². The summed E-state index contributed by atoms with van der Waals surface area (Å²) in [6.45, 7) is 5.29. The van der Waals surface area contributed by atoms with Gasteiger partial charge in [-0.2, -0.15) is 0 Å². The number of carbonyl (C=O) groups excluding carboxylic acids is 2. The zero-order valence-corrected chi connectivity index (χ0v) is 30.6. The lowest BCUT2D eigenvalue weighted by atomic mass is 10.1.